The van der Waals surface area contributed by atoms with E-state index in [9.17, 15) is 0 Å². The van der Waals surface area contributed by atoms with Gasteiger partial charge in [-0.1, -0.05) is 43.3 Å². The van der Waals surface area contributed by atoms with Crippen LogP contribution < -0.4 is 0 Å². The third-order valence-electron chi connectivity index (χ3n) is 5.33. The quantitative estimate of drug-likeness (QED) is 0.783. The molecule has 0 bridgehead atoms. The molecule has 1 aromatic carbocycles. The monoisotopic (exact) mass is 325 g/mol. The lowest BCUT2D eigenvalue weighted by Gasteiger charge is -2.36. The Bertz CT molecular complexity index is 656. The lowest BCUT2D eigenvalue weighted by molar-refractivity contribution is -0.160. The van der Waals surface area contributed by atoms with Crippen molar-refractivity contribution < 1.29 is 9.47 Å². The van der Waals surface area contributed by atoms with Crippen molar-refractivity contribution in [3.05, 3.63) is 66.0 Å². The van der Waals surface area contributed by atoms with Crippen molar-refractivity contribution >= 4 is 0 Å². The van der Waals surface area contributed by atoms with Crippen molar-refractivity contribution in [2.75, 3.05) is 7.11 Å². The summed E-state index contributed by atoms with van der Waals surface area (Å²) in [5, 5.41) is 0. The third-order valence-corrected chi connectivity index (χ3v) is 5.33. The first-order chi connectivity index (χ1) is 11.5. The molecule has 0 N–H and O–H groups in total. The summed E-state index contributed by atoms with van der Waals surface area (Å²) in [7, 11) is 1.75. The van der Waals surface area contributed by atoms with Gasteiger partial charge in [-0.05, 0) is 44.4 Å². The number of pyridine rings is 1. The highest BCUT2D eigenvalue weighted by Crippen LogP contribution is 2.54. The van der Waals surface area contributed by atoms with Crippen LogP contribution >= 0.6 is 0 Å². The summed E-state index contributed by atoms with van der Waals surface area (Å²) in [6, 6.07) is 16.6. The van der Waals surface area contributed by atoms with Crippen molar-refractivity contribution in [1.82, 2.24) is 4.98 Å². The smallest absolute Gasteiger partial charge is 0.128 e. The molecule has 0 amide bonds. The van der Waals surface area contributed by atoms with Crippen molar-refractivity contribution in [2.45, 2.75) is 56.8 Å². The maximum Gasteiger partial charge on any atom is 0.128 e. The molecule has 2 heterocycles. The molecule has 0 spiro atoms. The van der Waals surface area contributed by atoms with Crippen LogP contribution in [0.15, 0.2) is 54.7 Å². The maximum atomic E-state index is 6.70. The van der Waals surface area contributed by atoms with Crippen LogP contribution in [0.3, 0.4) is 0 Å². The van der Waals surface area contributed by atoms with E-state index in [1.165, 1.54) is 5.56 Å². The minimum Gasteiger partial charge on any atom is -0.372 e. The highest BCUT2D eigenvalue weighted by atomic mass is 16.6. The van der Waals surface area contributed by atoms with E-state index in [0.717, 1.165) is 18.5 Å². The molecule has 1 aliphatic rings. The van der Waals surface area contributed by atoms with Crippen LogP contribution in [0.5, 0.6) is 0 Å². The fraction of sp³-hybridized carbons (Fsp3) is 0.476. The number of nitrogens with zero attached hydrogens (tertiary/aromatic N) is 1. The first-order valence-corrected chi connectivity index (χ1v) is 8.71. The van der Waals surface area contributed by atoms with Crippen molar-refractivity contribution in [2.24, 2.45) is 0 Å². The summed E-state index contributed by atoms with van der Waals surface area (Å²) >= 11 is 0. The lowest BCUT2D eigenvalue weighted by atomic mass is 9.78. The summed E-state index contributed by atoms with van der Waals surface area (Å²) < 4.78 is 12.6. The number of rotatable bonds is 5. The van der Waals surface area contributed by atoms with Gasteiger partial charge in [-0.15, -0.1) is 0 Å². The van der Waals surface area contributed by atoms with Gasteiger partial charge >= 0.3 is 0 Å². The first kappa shape index (κ1) is 17.1. The zero-order valence-corrected chi connectivity index (χ0v) is 15.0. The molecule has 3 rings (SSSR count). The number of ether oxygens (including phenoxy) is 2. The van der Waals surface area contributed by atoms with Crippen molar-refractivity contribution in [3.8, 4) is 0 Å². The minimum absolute atomic E-state index is 0.170. The van der Waals surface area contributed by atoms with Crippen LogP contribution in [-0.2, 0) is 9.47 Å². The summed E-state index contributed by atoms with van der Waals surface area (Å²) in [5.41, 5.74) is 1.65. The average Bonchev–Trinajstić information content (AvgIpc) is 2.89. The Hall–Kier alpha value is -1.71. The van der Waals surface area contributed by atoms with Gasteiger partial charge in [0, 0.05) is 19.2 Å². The molecule has 1 aliphatic heterocycles. The van der Waals surface area contributed by atoms with Gasteiger partial charge in [-0.2, -0.15) is 0 Å². The molecular weight excluding hydrogens is 298 g/mol. The van der Waals surface area contributed by atoms with E-state index in [4.69, 9.17) is 9.47 Å². The predicted octanol–water partition coefficient (Wildman–Crippen LogP) is 4.90. The van der Waals surface area contributed by atoms with Crippen LogP contribution in [0.4, 0.5) is 0 Å². The Kier molecular flexibility index (Phi) is 4.75. The topological polar surface area (TPSA) is 31.4 Å². The number of benzene rings is 1. The zero-order chi connectivity index (χ0) is 17.2. The molecule has 0 radical (unpaired) electrons. The van der Waals surface area contributed by atoms with E-state index in [-0.39, 0.29) is 17.3 Å². The largest absolute Gasteiger partial charge is 0.372 e. The molecule has 1 aromatic heterocycles. The molecule has 128 valence electrons. The molecule has 3 heteroatoms. The van der Waals surface area contributed by atoms with Gasteiger partial charge in [0.25, 0.3) is 0 Å². The lowest BCUT2D eigenvalue weighted by Crippen LogP contribution is -2.39. The molecule has 3 atom stereocenters. The van der Waals surface area contributed by atoms with Gasteiger partial charge in [0.2, 0.25) is 0 Å². The van der Waals surface area contributed by atoms with E-state index in [2.05, 4.69) is 56.1 Å². The molecule has 1 fully saturated rings. The number of methoxy groups -OCH3 is 1. The fourth-order valence-corrected chi connectivity index (χ4v) is 4.13. The van der Waals surface area contributed by atoms with Gasteiger partial charge in [-0.3, -0.25) is 4.98 Å². The highest BCUT2D eigenvalue weighted by molar-refractivity contribution is 5.27. The summed E-state index contributed by atoms with van der Waals surface area (Å²) in [6.45, 7) is 6.55. The van der Waals surface area contributed by atoms with Gasteiger partial charge in [0.1, 0.15) is 11.7 Å². The van der Waals surface area contributed by atoms with E-state index in [1.807, 2.05) is 24.4 Å². The molecule has 2 aromatic rings. The van der Waals surface area contributed by atoms with Gasteiger partial charge in [-0.25, -0.2) is 0 Å². The van der Waals surface area contributed by atoms with Crippen LogP contribution in [0.2, 0.25) is 0 Å². The second-order valence-corrected chi connectivity index (χ2v) is 7.16. The molecule has 3 nitrogen and oxygen atoms in total. The standard InChI is InChI=1S/C21H27NO2/c1-5-21(19(23-4)18-13-9-10-14-22-18)15-17(20(2,3)24-21)16-11-7-6-8-12-16/h6-14,17,19H,5,15H2,1-4H3. The summed E-state index contributed by atoms with van der Waals surface area (Å²) in [5.74, 6) is 0.333. The number of hydrogen-bond donors (Lipinski definition) is 0. The fourth-order valence-electron chi connectivity index (χ4n) is 4.13. The van der Waals surface area contributed by atoms with Gasteiger partial charge in [0.05, 0.1) is 11.3 Å². The maximum absolute atomic E-state index is 6.70. The first-order valence-electron chi connectivity index (χ1n) is 8.71. The second-order valence-electron chi connectivity index (χ2n) is 7.16. The molecule has 0 saturated carbocycles. The van der Waals surface area contributed by atoms with Crippen LogP contribution in [0, 0.1) is 0 Å². The average molecular weight is 325 g/mol. The Balaban J connectivity index is 1.99. The third kappa shape index (κ3) is 2.99. The molecule has 0 aliphatic carbocycles. The number of hydrogen-bond acceptors (Lipinski definition) is 3. The summed E-state index contributed by atoms with van der Waals surface area (Å²) in [4.78, 5) is 4.53. The van der Waals surface area contributed by atoms with Crippen LogP contribution in [-0.4, -0.2) is 23.3 Å². The zero-order valence-electron chi connectivity index (χ0n) is 15.0. The number of aromatic nitrogens is 1. The van der Waals surface area contributed by atoms with Crippen LogP contribution in [0.1, 0.15) is 56.9 Å². The van der Waals surface area contributed by atoms with Crippen molar-refractivity contribution in [1.29, 1.82) is 0 Å². The summed E-state index contributed by atoms with van der Waals surface area (Å²) in [6.07, 6.45) is 3.46. The van der Waals surface area contributed by atoms with Crippen molar-refractivity contribution in [3.63, 3.8) is 0 Å². The predicted molar refractivity (Wildman–Crippen MR) is 96.0 cm³/mol. The molecule has 3 unspecified atom stereocenters. The Morgan fingerprint density at radius 3 is 2.46 bits per heavy atom. The van der Waals surface area contributed by atoms with E-state index >= 15 is 0 Å². The molecule has 24 heavy (non-hydrogen) atoms. The Morgan fingerprint density at radius 2 is 1.88 bits per heavy atom. The second kappa shape index (κ2) is 6.66. The van der Waals surface area contributed by atoms with Gasteiger partial charge < -0.3 is 9.47 Å². The van der Waals surface area contributed by atoms with E-state index in [0.29, 0.717) is 5.92 Å². The van der Waals surface area contributed by atoms with Crippen LogP contribution in [0.25, 0.3) is 0 Å². The highest BCUT2D eigenvalue weighted by Gasteiger charge is 2.55. The molecular formula is C21H27NO2. The van der Waals surface area contributed by atoms with E-state index < -0.39 is 0 Å². The Labute approximate surface area is 145 Å². The van der Waals surface area contributed by atoms with E-state index in [1.54, 1.807) is 7.11 Å². The normalized spacial score (nSPS) is 27.1. The Morgan fingerprint density at radius 1 is 1.17 bits per heavy atom. The SMILES string of the molecule is CCC1(C(OC)c2ccccn2)CC(c2ccccc2)C(C)(C)O1. The molecule has 1 saturated heterocycles. The minimum atomic E-state index is -0.368. The van der Waals surface area contributed by atoms with Gasteiger partial charge in [0.15, 0.2) is 0 Å².